The van der Waals surface area contributed by atoms with Gasteiger partial charge in [-0.1, -0.05) is 0 Å². The van der Waals surface area contributed by atoms with E-state index in [0.717, 1.165) is 41.2 Å². The second kappa shape index (κ2) is 6.02. The average Bonchev–Trinajstić information content (AvgIpc) is 2.50. The van der Waals surface area contributed by atoms with Crippen molar-refractivity contribution in [3.8, 4) is 11.4 Å². The Hall–Kier alpha value is -1.62. The van der Waals surface area contributed by atoms with Crippen LogP contribution in [0.3, 0.4) is 0 Å². The zero-order valence-corrected chi connectivity index (χ0v) is 13.9. The predicted octanol–water partition coefficient (Wildman–Crippen LogP) is 3.72. The molecule has 0 aliphatic carbocycles. The van der Waals surface area contributed by atoms with Gasteiger partial charge in [0.2, 0.25) is 0 Å². The minimum absolute atomic E-state index is 0.769. The molecule has 1 aromatic heterocycles. The summed E-state index contributed by atoms with van der Waals surface area (Å²) >= 11 is 3.48. The molecule has 5 heteroatoms. The first-order valence-corrected chi connectivity index (χ1v) is 8.09. The van der Waals surface area contributed by atoms with Crippen molar-refractivity contribution < 1.29 is 0 Å². The number of hydrogen-bond donors (Lipinski definition) is 1. The predicted molar refractivity (Wildman–Crippen MR) is 90.9 cm³/mol. The van der Waals surface area contributed by atoms with Crippen LogP contribution in [0.4, 0.5) is 11.5 Å². The molecule has 4 nitrogen and oxygen atoms in total. The number of hydrogen-bond acceptors (Lipinski definition) is 4. The van der Waals surface area contributed by atoms with E-state index in [1.54, 1.807) is 0 Å². The number of nitrogens with zero attached hydrogens (tertiary/aromatic N) is 3. The summed E-state index contributed by atoms with van der Waals surface area (Å²) in [4.78, 5) is 11.4. The first kappa shape index (κ1) is 14.3. The molecule has 3 rings (SSSR count). The molecule has 2 heterocycles. The second-order valence-electron chi connectivity index (χ2n) is 5.29. The molecule has 1 aliphatic rings. The minimum Gasteiger partial charge on any atom is -0.374 e. The highest BCUT2D eigenvalue weighted by molar-refractivity contribution is 9.10. The lowest BCUT2D eigenvalue weighted by Crippen LogP contribution is -2.24. The van der Waals surface area contributed by atoms with Crippen LogP contribution in [0.1, 0.15) is 18.9 Å². The number of aromatic nitrogens is 2. The van der Waals surface area contributed by atoms with E-state index in [1.165, 1.54) is 17.7 Å². The quantitative estimate of drug-likeness (QED) is 0.919. The van der Waals surface area contributed by atoms with Crippen molar-refractivity contribution in [2.24, 2.45) is 0 Å². The van der Waals surface area contributed by atoms with Gasteiger partial charge in [-0.25, -0.2) is 9.97 Å². The molecule has 1 aliphatic heterocycles. The highest BCUT2D eigenvalue weighted by atomic mass is 79.9. The lowest BCUT2D eigenvalue weighted by molar-refractivity contribution is 0.744. The molecule has 0 unspecified atom stereocenters. The maximum absolute atomic E-state index is 4.62. The van der Waals surface area contributed by atoms with Crippen LogP contribution in [0.5, 0.6) is 0 Å². The first-order valence-electron chi connectivity index (χ1n) is 7.30. The van der Waals surface area contributed by atoms with Crippen LogP contribution in [0.2, 0.25) is 0 Å². The zero-order valence-electron chi connectivity index (χ0n) is 12.4. The molecule has 0 atom stereocenters. The van der Waals surface area contributed by atoms with E-state index >= 15 is 0 Å². The second-order valence-corrected chi connectivity index (χ2v) is 6.14. The van der Waals surface area contributed by atoms with Crippen LogP contribution in [0.15, 0.2) is 28.9 Å². The van der Waals surface area contributed by atoms with Crippen LogP contribution in [0, 0.1) is 0 Å². The molecule has 2 aromatic rings. The summed E-state index contributed by atoms with van der Waals surface area (Å²) in [5, 5.41) is 3.25. The number of anilines is 2. The Kier molecular flexibility index (Phi) is 4.10. The third kappa shape index (κ3) is 2.88. The van der Waals surface area contributed by atoms with Gasteiger partial charge in [-0.05, 0) is 59.5 Å². The summed E-state index contributed by atoms with van der Waals surface area (Å²) in [5.74, 6) is 1.61. The molecule has 1 aromatic carbocycles. The van der Waals surface area contributed by atoms with E-state index in [9.17, 15) is 0 Å². The standard InChI is InChI=1S/C16H19BrN4/c1-3-18-16-13(17)10-19-15(20-16)12-6-7-14-11(9-12)5-4-8-21(14)2/h6-7,9-10H,3-5,8H2,1-2H3,(H,18,19,20). The molecule has 0 spiro atoms. The Labute approximate surface area is 133 Å². The summed E-state index contributed by atoms with van der Waals surface area (Å²) in [6, 6.07) is 6.52. The van der Waals surface area contributed by atoms with Crippen molar-refractivity contribution in [1.82, 2.24) is 9.97 Å². The fraction of sp³-hybridized carbons (Fsp3) is 0.375. The van der Waals surface area contributed by atoms with E-state index in [0.29, 0.717) is 0 Å². The largest absolute Gasteiger partial charge is 0.374 e. The Balaban J connectivity index is 1.99. The van der Waals surface area contributed by atoms with Gasteiger partial charge >= 0.3 is 0 Å². The van der Waals surface area contributed by atoms with E-state index < -0.39 is 0 Å². The van der Waals surface area contributed by atoms with Crippen molar-refractivity contribution in [2.45, 2.75) is 19.8 Å². The molecule has 0 bridgehead atoms. The van der Waals surface area contributed by atoms with E-state index in [-0.39, 0.29) is 0 Å². The number of halogens is 1. The van der Waals surface area contributed by atoms with Gasteiger partial charge < -0.3 is 10.2 Å². The van der Waals surface area contributed by atoms with E-state index in [1.807, 2.05) is 6.20 Å². The van der Waals surface area contributed by atoms with Gasteiger partial charge in [0.15, 0.2) is 5.82 Å². The molecule has 0 radical (unpaired) electrons. The highest BCUT2D eigenvalue weighted by Gasteiger charge is 2.15. The third-order valence-corrected chi connectivity index (χ3v) is 4.36. The molecule has 0 saturated heterocycles. The maximum atomic E-state index is 4.62. The van der Waals surface area contributed by atoms with Crippen molar-refractivity contribution in [3.63, 3.8) is 0 Å². The third-order valence-electron chi connectivity index (χ3n) is 3.78. The number of benzene rings is 1. The lowest BCUT2D eigenvalue weighted by atomic mass is 9.99. The van der Waals surface area contributed by atoms with Crippen molar-refractivity contribution >= 4 is 27.4 Å². The van der Waals surface area contributed by atoms with Crippen LogP contribution in [-0.2, 0) is 6.42 Å². The van der Waals surface area contributed by atoms with Gasteiger partial charge in [-0.2, -0.15) is 0 Å². The molecule has 21 heavy (non-hydrogen) atoms. The normalized spacial score (nSPS) is 14.0. The monoisotopic (exact) mass is 346 g/mol. The van der Waals surface area contributed by atoms with Gasteiger partial charge in [0, 0.05) is 37.6 Å². The summed E-state index contributed by atoms with van der Waals surface area (Å²) < 4.78 is 0.894. The SMILES string of the molecule is CCNc1nc(-c2ccc3c(c2)CCCN3C)ncc1Br. The fourth-order valence-corrected chi connectivity index (χ4v) is 3.05. The number of aryl methyl sites for hydroxylation is 1. The lowest BCUT2D eigenvalue weighted by Gasteiger charge is -2.27. The molecule has 1 N–H and O–H groups in total. The molecule has 0 amide bonds. The van der Waals surface area contributed by atoms with Crippen molar-refractivity contribution in [1.29, 1.82) is 0 Å². The Bertz CT molecular complexity index is 657. The van der Waals surface area contributed by atoms with Gasteiger partial charge in [-0.3, -0.25) is 0 Å². The van der Waals surface area contributed by atoms with Gasteiger partial charge in [0.25, 0.3) is 0 Å². The van der Waals surface area contributed by atoms with Gasteiger partial charge in [-0.15, -0.1) is 0 Å². The average molecular weight is 347 g/mol. The summed E-state index contributed by atoms with van der Waals surface area (Å²) in [7, 11) is 2.15. The first-order chi connectivity index (χ1) is 10.2. The minimum atomic E-state index is 0.769. The maximum Gasteiger partial charge on any atom is 0.161 e. The van der Waals surface area contributed by atoms with Crippen LogP contribution < -0.4 is 10.2 Å². The number of nitrogens with one attached hydrogen (secondary N) is 1. The van der Waals surface area contributed by atoms with Gasteiger partial charge in [0.1, 0.15) is 5.82 Å². The van der Waals surface area contributed by atoms with Crippen LogP contribution in [0.25, 0.3) is 11.4 Å². The number of rotatable bonds is 3. The Morgan fingerprint density at radius 1 is 1.38 bits per heavy atom. The smallest absolute Gasteiger partial charge is 0.161 e. The molecule has 110 valence electrons. The molecule has 0 fully saturated rings. The van der Waals surface area contributed by atoms with E-state index in [4.69, 9.17) is 0 Å². The number of fused-ring (bicyclic) bond motifs is 1. The topological polar surface area (TPSA) is 41.1 Å². The molecular weight excluding hydrogens is 328 g/mol. The summed E-state index contributed by atoms with van der Waals surface area (Å²) in [5.41, 5.74) is 3.79. The van der Waals surface area contributed by atoms with E-state index in [2.05, 4.69) is 68.3 Å². The fourth-order valence-electron chi connectivity index (χ4n) is 2.72. The van der Waals surface area contributed by atoms with Crippen LogP contribution >= 0.6 is 15.9 Å². The summed E-state index contributed by atoms with van der Waals surface area (Å²) in [6.45, 7) is 4.03. The van der Waals surface area contributed by atoms with Gasteiger partial charge in [0.05, 0.1) is 4.47 Å². The highest BCUT2D eigenvalue weighted by Crippen LogP contribution is 2.30. The van der Waals surface area contributed by atoms with Crippen molar-refractivity contribution in [3.05, 3.63) is 34.4 Å². The van der Waals surface area contributed by atoms with Crippen LogP contribution in [-0.4, -0.2) is 30.1 Å². The van der Waals surface area contributed by atoms with Crippen molar-refractivity contribution in [2.75, 3.05) is 30.4 Å². The molecule has 0 saturated carbocycles. The Morgan fingerprint density at radius 3 is 3.05 bits per heavy atom. The zero-order chi connectivity index (χ0) is 14.8. The Morgan fingerprint density at radius 2 is 2.24 bits per heavy atom. The molecular formula is C16H19BrN4. The summed E-state index contributed by atoms with van der Waals surface area (Å²) in [6.07, 6.45) is 4.15.